The van der Waals surface area contributed by atoms with Crippen LogP contribution >= 0.6 is 35.0 Å². The van der Waals surface area contributed by atoms with Crippen LogP contribution in [0.15, 0.2) is 23.1 Å². The first-order valence-corrected chi connectivity index (χ1v) is 7.99. The van der Waals surface area contributed by atoms with Gasteiger partial charge in [0.2, 0.25) is 5.91 Å². The van der Waals surface area contributed by atoms with E-state index in [1.165, 1.54) is 11.8 Å². The minimum Gasteiger partial charge on any atom is -0.337 e. The number of amides is 1. The summed E-state index contributed by atoms with van der Waals surface area (Å²) in [5.74, 6) is 0.322. The Morgan fingerprint density at radius 1 is 1.55 bits per heavy atom. The van der Waals surface area contributed by atoms with Crippen molar-refractivity contribution >= 4 is 40.9 Å². The van der Waals surface area contributed by atoms with Gasteiger partial charge >= 0.3 is 0 Å². The smallest absolute Gasteiger partial charge is 0.231 e. The van der Waals surface area contributed by atoms with Crippen molar-refractivity contribution in [2.24, 2.45) is 5.92 Å². The van der Waals surface area contributed by atoms with Crippen LogP contribution in [0.4, 0.5) is 0 Å². The number of benzene rings is 1. The summed E-state index contributed by atoms with van der Waals surface area (Å²) in [6, 6.07) is 7.33. The van der Waals surface area contributed by atoms with Gasteiger partial charge in [-0.15, -0.1) is 11.8 Å². The van der Waals surface area contributed by atoms with Crippen LogP contribution in [0.5, 0.6) is 0 Å². The highest BCUT2D eigenvalue weighted by atomic mass is 35.5. The van der Waals surface area contributed by atoms with Gasteiger partial charge in [0.15, 0.2) is 0 Å². The maximum absolute atomic E-state index is 12.0. The van der Waals surface area contributed by atoms with Crippen LogP contribution in [0.3, 0.4) is 0 Å². The summed E-state index contributed by atoms with van der Waals surface area (Å²) < 4.78 is 0. The van der Waals surface area contributed by atoms with Crippen LogP contribution < -0.4 is 5.32 Å². The Bertz CT molecular complexity index is 569. The zero-order valence-electron chi connectivity index (χ0n) is 11.0. The number of nitrogens with one attached hydrogen (secondary N) is 1. The summed E-state index contributed by atoms with van der Waals surface area (Å²) in [7, 11) is 0. The molecule has 1 aromatic carbocycles. The second-order valence-corrected chi connectivity index (χ2v) is 6.86. The highest BCUT2D eigenvalue weighted by Gasteiger charge is 2.42. The van der Waals surface area contributed by atoms with E-state index in [0.29, 0.717) is 10.0 Å². The second kappa shape index (κ2) is 6.26. The number of hydrogen-bond acceptors (Lipinski definition) is 3. The molecule has 0 radical (unpaired) electrons. The lowest BCUT2D eigenvalue weighted by Gasteiger charge is -2.22. The van der Waals surface area contributed by atoms with Crippen molar-refractivity contribution < 1.29 is 4.79 Å². The number of halogens is 2. The molecule has 2 rings (SSSR count). The van der Waals surface area contributed by atoms with Crippen molar-refractivity contribution in [2.45, 2.75) is 30.2 Å². The van der Waals surface area contributed by atoms with Gasteiger partial charge in [0.1, 0.15) is 5.54 Å². The highest BCUT2D eigenvalue weighted by Crippen LogP contribution is 2.39. The first kappa shape index (κ1) is 15.5. The third-order valence-corrected chi connectivity index (χ3v) is 5.01. The van der Waals surface area contributed by atoms with Crippen LogP contribution in [-0.4, -0.2) is 17.2 Å². The van der Waals surface area contributed by atoms with Crippen molar-refractivity contribution in [3.8, 4) is 6.07 Å². The molecule has 20 heavy (non-hydrogen) atoms. The molecule has 1 saturated carbocycles. The van der Waals surface area contributed by atoms with Gasteiger partial charge in [-0.2, -0.15) is 5.26 Å². The lowest BCUT2D eigenvalue weighted by Crippen LogP contribution is -2.47. The molecule has 0 saturated heterocycles. The Kier molecular flexibility index (Phi) is 4.85. The van der Waals surface area contributed by atoms with Gasteiger partial charge in [0.05, 0.1) is 16.8 Å². The van der Waals surface area contributed by atoms with Crippen LogP contribution in [-0.2, 0) is 4.79 Å². The minimum absolute atomic E-state index is 0.165. The lowest BCUT2D eigenvalue weighted by molar-refractivity contribution is -0.119. The fourth-order valence-corrected chi connectivity index (χ4v) is 3.23. The first-order valence-electron chi connectivity index (χ1n) is 6.25. The average Bonchev–Trinajstić information content (AvgIpc) is 3.24. The quantitative estimate of drug-likeness (QED) is 0.834. The minimum atomic E-state index is -0.754. The third kappa shape index (κ3) is 3.82. The number of carbonyl (C=O) groups is 1. The second-order valence-electron chi connectivity index (χ2n) is 5.00. The average molecular weight is 329 g/mol. The number of nitriles is 1. The molecule has 3 nitrogen and oxygen atoms in total. The summed E-state index contributed by atoms with van der Waals surface area (Å²) in [5, 5.41) is 13.2. The molecule has 1 aliphatic carbocycles. The summed E-state index contributed by atoms with van der Waals surface area (Å²) in [4.78, 5) is 12.7. The molecule has 1 unspecified atom stereocenters. The Labute approximate surface area is 132 Å². The van der Waals surface area contributed by atoms with Gasteiger partial charge in [-0.3, -0.25) is 4.79 Å². The largest absolute Gasteiger partial charge is 0.337 e. The zero-order chi connectivity index (χ0) is 14.8. The van der Waals surface area contributed by atoms with Gasteiger partial charge in [-0.05, 0) is 43.9 Å². The van der Waals surface area contributed by atoms with E-state index in [4.69, 9.17) is 23.2 Å². The predicted molar refractivity (Wildman–Crippen MR) is 82.1 cm³/mol. The van der Waals surface area contributed by atoms with Crippen molar-refractivity contribution in [1.29, 1.82) is 5.26 Å². The van der Waals surface area contributed by atoms with Gasteiger partial charge in [-0.25, -0.2) is 0 Å². The molecular formula is C14H14Cl2N2OS. The van der Waals surface area contributed by atoms with Crippen molar-refractivity contribution in [3.05, 3.63) is 28.2 Å². The molecular weight excluding hydrogens is 315 g/mol. The highest BCUT2D eigenvalue weighted by molar-refractivity contribution is 8.00. The summed E-state index contributed by atoms with van der Waals surface area (Å²) in [6.07, 6.45) is 2.00. The molecule has 0 spiro atoms. The first-order chi connectivity index (χ1) is 9.44. The standard InChI is InChI=1S/C14H14Cl2N2OS/c1-14(8-17,9-2-3-9)18-13(19)7-20-12-6-10(15)4-5-11(12)16/h4-6,9H,2-3,7H2,1H3,(H,18,19). The van der Waals surface area contributed by atoms with Crippen LogP contribution in [0, 0.1) is 17.2 Å². The van der Waals surface area contributed by atoms with E-state index >= 15 is 0 Å². The molecule has 1 aromatic rings. The molecule has 1 aliphatic rings. The van der Waals surface area contributed by atoms with Crippen LogP contribution in [0.1, 0.15) is 19.8 Å². The van der Waals surface area contributed by atoms with E-state index in [-0.39, 0.29) is 17.6 Å². The fourth-order valence-electron chi connectivity index (χ4n) is 1.94. The summed E-state index contributed by atoms with van der Waals surface area (Å²) in [5.41, 5.74) is -0.754. The number of rotatable bonds is 5. The van der Waals surface area contributed by atoms with E-state index < -0.39 is 5.54 Å². The van der Waals surface area contributed by atoms with E-state index in [0.717, 1.165) is 17.7 Å². The predicted octanol–water partition coefficient (Wildman–Crippen LogP) is 3.89. The van der Waals surface area contributed by atoms with Crippen LogP contribution in [0.2, 0.25) is 10.0 Å². The Morgan fingerprint density at radius 2 is 2.25 bits per heavy atom. The molecule has 0 aliphatic heterocycles. The van der Waals surface area contributed by atoms with E-state index in [2.05, 4.69) is 11.4 Å². The summed E-state index contributed by atoms with van der Waals surface area (Å²) in [6.45, 7) is 1.78. The summed E-state index contributed by atoms with van der Waals surface area (Å²) >= 11 is 13.2. The zero-order valence-corrected chi connectivity index (χ0v) is 13.3. The lowest BCUT2D eigenvalue weighted by atomic mass is 9.98. The molecule has 1 atom stereocenters. The SMILES string of the molecule is CC(C#N)(NC(=O)CSc1cc(Cl)ccc1Cl)C1CC1. The number of hydrogen-bond donors (Lipinski definition) is 1. The number of nitrogens with zero attached hydrogens (tertiary/aromatic N) is 1. The van der Waals surface area contributed by atoms with E-state index in [9.17, 15) is 10.1 Å². The topological polar surface area (TPSA) is 52.9 Å². The molecule has 0 heterocycles. The van der Waals surface area contributed by atoms with Crippen molar-refractivity contribution in [1.82, 2.24) is 5.32 Å². The molecule has 6 heteroatoms. The number of thioether (sulfide) groups is 1. The monoisotopic (exact) mass is 328 g/mol. The Balaban J connectivity index is 1.92. The van der Waals surface area contributed by atoms with Gasteiger partial charge in [-0.1, -0.05) is 23.2 Å². The molecule has 0 aromatic heterocycles. The van der Waals surface area contributed by atoms with Gasteiger partial charge < -0.3 is 5.32 Å². The van der Waals surface area contributed by atoms with E-state index in [1.54, 1.807) is 25.1 Å². The normalized spacial score (nSPS) is 17.1. The maximum atomic E-state index is 12.0. The Hall–Kier alpha value is -0.890. The molecule has 1 amide bonds. The molecule has 0 bridgehead atoms. The number of carbonyl (C=O) groups excluding carboxylic acids is 1. The van der Waals surface area contributed by atoms with E-state index in [1.807, 2.05) is 0 Å². The van der Waals surface area contributed by atoms with Crippen molar-refractivity contribution in [2.75, 3.05) is 5.75 Å². The fraction of sp³-hybridized carbons (Fsp3) is 0.429. The molecule has 1 N–H and O–H groups in total. The van der Waals surface area contributed by atoms with Crippen molar-refractivity contribution in [3.63, 3.8) is 0 Å². The Morgan fingerprint density at radius 3 is 2.85 bits per heavy atom. The molecule has 1 fully saturated rings. The maximum Gasteiger partial charge on any atom is 0.231 e. The third-order valence-electron chi connectivity index (χ3n) is 3.28. The van der Waals surface area contributed by atoms with Gasteiger partial charge in [0.25, 0.3) is 0 Å². The molecule has 106 valence electrons. The van der Waals surface area contributed by atoms with Gasteiger partial charge in [0, 0.05) is 9.92 Å². The van der Waals surface area contributed by atoms with Crippen LogP contribution in [0.25, 0.3) is 0 Å².